The maximum Gasteiger partial charge on any atom is 0.230 e. The van der Waals surface area contributed by atoms with E-state index in [0.29, 0.717) is 6.42 Å². The van der Waals surface area contributed by atoms with E-state index in [1.807, 2.05) is 36.4 Å². The van der Waals surface area contributed by atoms with Gasteiger partial charge in [0.05, 0.1) is 27.8 Å². The van der Waals surface area contributed by atoms with Gasteiger partial charge in [0.2, 0.25) is 5.91 Å². The van der Waals surface area contributed by atoms with Crippen LogP contribution in [0.25, 0.3) is 10.9 Å². The van der Waals surface area contributed by atoms with Crippen molar-refractivity contribution in [2.45, 2.75) is 17.5 Å². The second-order valence-corrected chi connectivity index (χ2v) is 8.52. The van der Waals surface area contributed by atoms with Gasteiger partial charge in [0, 0.05) is 11.4 Å². The van der Waals surface area contributed by atoms with Gasteiger partial charge in [-0.15, -0.1) is 0 Å². The Balaban J connectivity index is 1.56. The predicted molar refractivity (Wildman–Crippen MR) is 87.7 cm³/mol. The van der Waals surface area contributed by atoms with Crippen LogP contribution in [0.2, 0.25) is 0 Å². The molecule has 1 fully saturated rings. The molecule has 1 aliphatic rings. The van der Waals surface area contributed by atoms with Gasteiger partial charge in [-0.25, -0.2) is 13.4 Å². The highest BCUT2D eigenvalue weighted by Gasteiger charge is 2.28. The summed E-state index contributed by atoms with van der Waals surface area (Å²) in [6.45, 7) is 0. The number of pyridine rings is 1. The van der Waals surface area contributed by atoms with Crippen molar-refractivity contribution in [3.8, 4) is 0 Å². The fraction of sp³-hybridized carbons (Fsp3) is 0.333. The molecule has 0 spiro atoms. The number of hydrogen-bond donors (Lipinski definition) is 1. The zero-order chi connectivity index (χ0) is 15.6. The molecule has 0 unspecified atom stereocenters. The molecule has 116 valence electrons. The van der Waals surface area contributed by atoms with Crippen LogP contribution < -0.4 is 5.32 Å². The van der Waals surface area contributed by atoms with Gasteiger partial charge in [-0.2, -0.15) is 0 Å². The number of para-hydroxylation sites is 1. The number of carbonyl (C=O) groups is 1. The van der Waals surface area contributed by atoms with Gasteiger partial charge in [-0.3, -0.25) is 4.79 Å². The quantitative estimate of drug-likeness (QED) is 0.859. The highest BCUT2D eigenvalue weighted by Crippen LogP contribution is 2.20. The van der Waals surface area contributed by atoms with Crippen LogP contribution in [0.15, 0.2) is 41.4 Å². The molecule has 2 heterocycles. The van der Waals surface area contributed by atoms with Crippen molar-refractivity contribution in [3.05, 3.63) is 36.4 Å². The van der Waals surface area contributed by atoms with Gasteiger partial charge in [0.25, 0.3) is 0 Å². The Morgan fingerprint density at radius 3 is 2.86 bits per heavy atom. The Morgan fingerprint density at radius 2 is 2.09 bits per heavy atom. The first kappa shape index (κ1) is 15.3. The zero-order valence-electron chi connectivity index (χ0n) is 11.9. The molecule has 5 nitrogen and oxygen atoms in total. The van der Waals surface area contributed by atoms with Gasteiger partial charge >= 0.3 is 0 Å². The SMILES string of the molecule is O=C(CSc1ccc2ccccc2n1)N[C@@H]1CCS(=O)(=O)C1. The molecule has 1 amide bonds. The summed E-state index contributed by atoms with van der Waals surface area (Å²) in [5.74, 6) is 0.304. The molecule has 1 aromatic carbocycles. The highest BCUT2D eigenvalue weighted by atomic mass is 32.2. The van der Waals surface area contributed by atoms with E-state index in [4.69, 9.17) is 0 Å². The lowest BCUT2D eigenvalue weighted by molar-refractivity contribution is -0.119. The number of nitrogens with zero attached hydrogens (tertiary/aromatic N) is 1. The highest BCUT2D eigenvalue weighted by molar-refractivity contribution is 7.99. The number of rotatable bonds is 4. The van der Waals surface area contributed by atoms with Crippen molar-refractivity contribution in [3.63, 3.8) is 0 Å². The normalized spacial score (nSPS) is 20.1. The standard InChI is InChI=1S/C15H16N2O3S2/c18-14(16-12-7-8-22(19,20)10-12)9-21-15-6-5-11-3-1-2-4-13(11)17-15/h1-6,12H,7-10H2,(H,16,18)/t12-/m1/s1. The van der Waals surface area contributed by atoms with Gasteiger partial charge < -0.3 is 5.32 Å². The molecule has 0 bridgehead atoms. The van der Waals surface area contributed by atoms with E-state index in [9.17, 15) is 13.2 Å². The van der Waals surface area contributed by atoms with E-state index in [0.717, 1.165) is 15.9 Å². The molecule has 22 heavy (non-hydrogen) atoms. The minimum Gasteiger partial charge on any atom is -0.352 e. The minimum absolute atomic E-state index is 0.0532. The summed E-state index contributed by atoms with van der Waals surface area (Å²) in [7, 11) is -2.97. The first-order valence-corrected chi connectivity index (χ1v) is 9.81. The maximum atomic E-state index is 11.9. The molecule has 1 aliphatic heterocycles. The van der Waals surface area contributed by atoms with Crippen molar-refractivity contribution in [2.24, 2.45) is 0 Å². The number of fused-ring (bicyclic) bond motifs is 1. The monoisotopic (exact) mass is 336 g/mol. The number of amides is 1. The van der Waals surface area contributed by atoms with Crippen molar-refractivity contribution < 1.29 is 13.2 Å². The molecule has 0 radical (unpaired) electrons. The van der Waals surface area contributed by atoms with Crippen LogP contribution in [-0.4, -0.2) is 42.6 Å². The number of thioether (sulfide) groups is 1. The average molecular weight is 336 g/mol. The molecular formula is C15H16N2O3S2. The second-order valence-electron chi connectivity index (χ2n) is 5.30. The molecule has 0 aliphatic carbocycles. The van der Waals surface area contributed by atoms with Crippen molar-refractivity contribution in [1.82, 2.24) is 10.3 Å². The summed E-state index contributed by atoms with van der Waals surface area (Å²) in [6, 6.07) is 11.4. The fourth-order valence-electron chi connectivity index (χ4n) is 2.45. The molecule has 1 saturated heterocycles. The third-order valence-corrected chi connectivity index (χ3v) is 6.22. The number of benzene rings is 1. The molecular weight excluding hydrogens is 320 g/mol. The van der Waals surface area contributed by atoms with Crippen LogP contribution in [0.4, 0.5) is 0 Å². The van der Waals surface area contributed by atoms with Gasteiger partial charge in [0.1, 0.15) is 0 Å². The van der Waals surface area contributed by atoms with Crippen LogP contribution in [-0.2, 0) is 14.6 Å². The van der Waals surface area contributed by atoms with Gasteiger partial charge in [-0.1, -0.05) is 36.0 Å². The van der Waals surface area contributed by atoms with E-state index >= 15 is 0 Å². The second kappa shape index (κ2) is 6.26. The van der Waals surface area contributed by atoms with Gasteiger partial charge in [-0.05, 0) is 18.6 Å². The van der Waals surface area contributed by atoms with Gasteiger partial charge in [0.15, 0.2) is 9.84 Å². The number of hydrogen-bond acceptors (Lipinski definition) is 5. The first-order valence-electron chi connectivity index (χ1n) is 7.00. The summed E-state index contributed by atoms with van der Waals surface area (Å²) >= 11 is 1.35. The van der Waals surface area contributed by atoms with Crippen molar-refractivity contribution in [2.75, 3.05) is 17.3 Å². The van der Waals surface area contributed by atoms with Crippen LogP contribution in [0, 0.1) is 0 Å². The first-order chi connectivity index (χ1) is 10.5. The third kappa shape index (κ3) is 3.78. The van der Waals surface area contributed by atoms with E-state index in [2.05, 4.69) is 10.3 Å². The predicted octanol–water partition coefficient (Wildman–Crippen LogP) is 1.63. The summed E-state index contributed by atoms with van der Waals surface area (Å²) in [5, 5.41) is 4.62. The Kier molecular flexibility index (Phi) is 4.35. The molecule has 0 saturated carbocycles. The maximum absolute atomic E-state index is 11.9. The van der Waals surface area contributed by atoms with Crippen molar-refractivity contribution in [1.29, 1.82) is 0 Å². The van der Waals surface area contributed by atoms with Crippen LogP contribution in [0.5, 0.6) is 0 Å². The molecule has 3 rings (SSSR count). The number of aromatic nitrogens is 1. The topological polar surface area (TPSA) is 76.1 Å². The Bertz CT molecular complexity index is 805. The largest absolute Gasteiger partial charge is 0.352 e. The number of sulfone groups is 1. The lowest BCUT2D eigenvalue weighted by Gasteiger charge is -2.10. The zero-order valence-corrected chi connectivity index (χ0v) is 13.5. The van der Waals surface area contributed by atoms with Crippen molar-refractivity contribution >= 4 is 38.4 Å². The number of nitrogens with one attached hydrogen (secondary N) is 1. The summed E-state index contributed by atoms with van der Waals surface area (Å²) in [6.07, 6.45) is 0.507. The van der Waals surface area contributed by atoms with Crippen LogP contribution in [0.3, 0.4) is 0 Å². The van der Waals surface area contributed by atoms with Crippen LogP contribution in [0.1, 0.15) is 6.42 Å². The molecule has 1 atom stereocenters. The van der Waals surface area contributed by atoms with Crippen LogP contribution >= 0.6 is 11.8 Å². The lowest BCUT2D eigenvalue weighted by atomic mass is 10.2. The Hall–Kier alpha value is -1.60. The summed E-state index contributed by atoms with van der Waals surface area (Å²) in [5.41, 5.74) is 0.898. The smallest absolute Gasteiger partial charge is 0.230 e. The summed E-state index contributed by atoms with van der Waals surface area (Å²) < 4.78 is 22.7. The van der Waals surface area contributed by atoms with E-state index in [1.165, 1.54) is 11.8 Å². The molecule has 1 N–H and O–H groups in total. The molecule has 7 heteroatoms. The fourth-order valence-corrected chi connectivity index (χ4v) is 4.81. The average Bonchev–Trinajstić information content (AvgIpc) is 2.84. The van der Waals surface area contributed by atoms with E-state index in [-0.39, 0.29) is 29.2 Å². The Labute approximate surface area is 133 Å². The van der Waals surface area contributed by atoms with E-state index in [1.54, 1.807) is 0 Å². The molecule has 1 aromatic heterocycles. The minimum atomic E-state index is -2.97. The molecule has 2 aromatic rings. The third-order valence-electron chi connectivity index (χ3n) is 3.52. The van der Waals surface area contributed by atoms with E-state index < -0.39 is 9.84 Å². The summed E-state index contributed by atoms with van der Waals surface area (Å²) in [4.78, 5) is 16.4. The number of carbonyl (C=O) groups excluding carboxylic acids is 1. The lowest BCUT2D eigenvalue weighted by Crippen LogP contribution is -2.36. The Morgan fingerprint density at radius 1 is 1.27 bits per heavy atom.